The molecule has 1 N–H and O–H groups in total. The molecule has 150 valence electrons. The number of Topliss-reactive ketones (excluding diaryl/α,β-unsaturated/α-hetero) is 1. The summed E-state index contributed by atoms with van der Waals surface area (Å²) in [7, 11) is 0. The monoisotopic (exact) mass is 440 g/mol. The topological polar surface area (TPSA) is 124 Å². The zero-order valence-corrected chi connectivity index (χ0v) is 19.2. The molecule has 0 saturated carbocycles. The van der Waals surface area contributed by atoms with Crippen LogP contribution < -0.4 is 15.3 Å². The van der Waals surface area contributed by atoms with Crippen molar-refractivity contribution in [1.29, 1.82) is 0 Å². The Balaban J connectivity index is -0.0000000464. The molecule has 0 radical (unpaired) electrons. The van der Waals surface area contributed by atoms with Gasteiger partial charge in [0.05, 0.1) is 0 Å². The summed E-state index contributed by atoms with van der Waals surface area (Å²) in [6, 6.07) is 0. The molecule has 0 spiro atoms. The molecule has 0 rings (SSSR count). The van der Waals surface area contributed by atoms with Crippen molar-refractivity contribution in [2.75, 3.05) is 19.8 Å². The Labute approximate surface area is 174 Å². The van der Waals surface area contributed by atoms with Gasteiger partial charge in [-0.25, -0.2) is 0 Å². The van der Waals surface area contributed by atoms with E-state index in [4.69, 9.17) is 5.11 Å². The average molecular weight is 442 g/mol. The first kappa shape index (κ1) is 39.8. The van der Waals surface area contributed by atoms with Crippen molar-refractivity contribution in [2.45, 2.75) is 79.6 Å². The zero-order chi connectivity index (χ0) is 20.2. The van der Waals surface area contributed by atoms with Gasteiger partial charge in [0.2, 0.25) is 0 Å². The molecule has 0 amide bonds. The number of carboxylic acid groups (broad SMARTS) is 1. The summed E-state index contributed by atoms with van der Waals surface area (Å²) in [5.41, 5.74) is 0. The minimum absolute atomic E-state index is 0. The molecule has 7 heteroatoms. The van der Waals surface area contributed by atoms with E-state index < -0.39 is 5.97 Å². The first-order valence-corrected chi connectivity index (χ1v) is 8.53. The molecule has 0 aliphatic carbocycles. The number of ketones is 1. The van der Waals surface area contributed by atoms with E-state index in [1.807, 2.05) is 20.8 Å². The van der Waals surface area contributed by atoms with Crippen LogP contribution in [0.15, 0.2) is 0 Å². The maximum atomic E-state index is 9.87. The van der Waals surface area contributed by atoms with E-state index in [0.29, 0.717) is 0 Å². The van der Waals surface area contributed by atoms with E-state index in [2.05, 4.69) is 6.92 Å². The molecule has 6 nitrogen and oxygen atoms in total. The summed E-state index contributed by atoms with van der Waals surface area (Å²) < 4.78 is 0. The minimum atomic E-state index is -1.06. The smallest absolute Gasteiger partial charge is 0.854 e. The van der Waals surface area contributed by atoms with E-state index in [1.54, 1.807) is 6.92 Å². The Hall–Kier alpha value is -0.0969. The number of hydrogen-bond donors (Lipinski definition) is 1. The normalized spacial score (nSPS) is 7.56. The van der Waals surface area contributed by atoms with Gasteiger partial charge in [-0.3, -0.25) is 9.59 Å². The van der Waals surface area contributed by atoms with Gasteiger partial charge < -0.3 is 27.3 Å². The summed E-state index contributed by atoms with van der Waals surface area (Å²) in [6.07, 6.45) is 5.23. The second-order valence-electron chi connectivity index (χ2n) is 4.45. The Kier molecular flexibility index (Phi) is 79.0. The number of aliphatic carboxylic acids is 1. The van der Waals surface area contributed by atoms with Crippen molar-refractivity contribution in [3.63, 3.8) is 0 Å². The molecule has 0 heterocycles. The number of carboxylic acids is 1. The van der Waals surface area contributed by atoms with Gasteiger partial charge in [-0.05, 0) is 6.92 Å². The fourth-order valence-electron chi connectivity index (χ4n) is 0.646. The van der Waals surface area contributed by atoms with Gasteiger partial charge in [0, 0.05) is 0 Å². The number of unbranched alkanes of at least 4 members (excludes halogenated alkanes) is 3. The van der Waals surface area contributed by atoms with E-state index >= 15 is 0 Å². The van der Waals surface area contributed by atoms with Crippen LogP contribution in [0.3, 0.4) is 0 Å². The number of carbonyl (C=O) groups excluding carboxylic acids is 1. The van der Waals surface area contributed by atoms with Gasteiger partial charge in [-0.2, -0.15) is 6.92 Å². The largest absolute Gasteiger partial charge is 4.00 e. The molecule has 0 aliphatic rings. The predicted octanol–water partition coefficient (Wildman–Crippen LogP) is 1.33. The zero-order valence-electron chi connectivity index (χ0n) is 16.8. The minimum Gasteiger partial charge on any atom is -0.854 e. The molecule has 0 fully saturated rings. The Morgan fingerprint density at radius 2 is 1.04 bits per heavy atom. The molecule has 0 aliphatic heterocycles. The quantitative estimate of drug-likeness (QED) is 0.447. The van der Waals surface area contributed by atoms with Crippen molar-refractivity contribution in [3.05, 3.63) is 6.92 Å². The van der Waals surface area contributed by atoms with Crippen LogP contribution >= 0.6 is 0 Å². The van der Waals surface area contributed by atoms with Gasteiger partial charge in [-0.15, -0.1) is 19.8 Å². The van der Waals surface area contributed by atoms with Crippen molar-refractivity contribution < 1.29 is 56.2 Å². The van der Waals surface area contributed by atoms with E-state index in [0.717, 1.165) is 38.5 Å². The van der Waals surface area contributed by atoms with Crippen molar-refractivity contribution in [1.82, 2.24) is 0 Å². The molecule has 0 bridgehead atoms. The van der Waals surface area contributed by atoms with Crippen LogP contribution in [-0.4, -0.2) is 36.7 Å². The fourth-order valence-corrected chi connectivity index (χ4v) is 0.646. The van der Waals surface area contributed by atoms with Crippen LogP contribution in [0.5, 0.6) is 0 Å². The van der Waals surface area contributed by atoms with E-state index in [-0.39, 0.29) is 58.2 Å². The van der Waals surface area contributed by atoms with Crippen molar-refractivity contribution >= 4 is 11.8 Å². The molecule has 25 heavy (non-hydrogen) atoms. The first-order chi connectivity index (χ1) is 11.4. The van der Waals surface area contributed by atoms with Crippen molar-refractivity contribution in [3.8, 4) is 0 Å². The summed E-state index contributed by atoms with van der Waals surface area (Å²) in [4.78, 5) is 19.5. The van der Waals surface area contributed by atoms with Crippen LogP contribution in [0.4, 0.5) is 0 Å². The van der Waals surface area contributed by atoms with Crippen LogP contribution in [0.2, 0.25) is 0 Å². The van der Waals surface area contributed by atoms with Crippen LogP contribution in [0.25, 0.3) is 0 Å². The Morgan fingerprint density at radius 3 is 1.04 bits per heavy atom. The molecule has 0 atom stereocenters. The third-order valence-corrected chi connectivity index (χ3v) is 1.89. The van der Waals surface area contributed by atoms with Gasteiger partial charge >= 0.3 is 32.2 Å². The van der Waals surface area contributed by atoms with Gasteiger partial charge in [0.25, 0.3) is 0 Å². The van der Waals surface area contributed by atoms with Crippen LogP contribution in [0.1, 0.15) is 79.6 Å². The maximum Gasteiger partial charge on any atom is 4.00 e. The second-order valence-corrected chi connectivity index (χ2v) is 4.45. The molecule has 0 unspecified atom stereocenters. The standard InChI is InChI=1S/C4H6O3.3C4H9O.C2H5.Zr/c1-3(5)2-4(6)7;3*1-2-3-4-5;1-2;/h2H2,1H3,(H,6,7);3*2-4H2,1H3;1H2,2H3;/q;4*-1;+4. The third-order valence-electron chi connectivity index (χ3n) is 1.89. The predicted molar refractivity (Wildman–Crippen MR) is 93.3 cm³/mol. The number of rotatable bonds is 8. The van der Waals surface area contributed by atoms with Crippen molar-refractivity contribution in [2.24, 2.45) is 0 Å². The Morgan fingerprint density at radius 1 is 0.800 bits per heavy atom. The number of hydrogen-bond acceptors (Lipinski definition) is 5. The van der Waals surface area contributed by atoms with Crippen LogP contribution in [-0.2, 0) is 35.8 Å². The van der Waals surface area contributed by atoms with E-state index in [1.165, 1.54) is 6.92 Å². The van der Waals surface area contributed by atoms with Gasteiger partial charge in [-0.1, -0.05) is 59.3 Å². The fraction of sp³-hybridized carbons (Fsp3) is 0.833. The maximum absolute atomic E-state index is 9.87. The molecule has 0 aromatic rings. The first-order valence-electron chi connectivity index (χ1n) is 8.53. The summed E-state index contributed by atoms with van der Waals surface area (Å²) in [6.45, 7) is 12.6. The summed E-state index contributed by atoms with van der Waals surface area (Å²) >= 11 is 0. The van der Waals surface area contributed by atoms with Gasteiger partial charge in [0.1, 0.15) is 12.2 Å². The molecular weight excluding hydrogens is 403 g/mol. The molecule has 0 saturated heterocycles. The van der Waals surface area contributed by atoms with E-state index in [9.17, 15) is 24.9 Å². The average Bonchev–Trinajstić information content (AvgIpc) is 2.52. The second kappa shape index (κ2) is 49.6. The molecule has 0 aromatic heterocycles. The molecular formula is C18H38O6Zr. The van der Waals surface area contributed by atoms with Crippen LogP contribution in [0, 0.1) is 6.92 Å². The Bertz CT molecular complexity index is 181. The third kappa shape index (κ3) is 117. The number of carbonyl (C=O) groups is 2. The summed E-state index contributed by atoms with van der Waals surface area (Å²) in [5, 5.41) is 36.5. The van der Waals surface area contributed by atoms with Gasteiger partial charge in [0.15, 0.2) is 0 Å². The SMILES string of the molecule is CC(=O)CC(=O)O.CCCC[O-].CCCC[O-].CCCC[O-].[CH2-]C.[Zr+4]. The summed E-state index contributed by atoms with van der Waals surface area (Å²) in [5.74, 6) is -1.37. The molecule has 0 aromatic carbocycles.